The molecule has 1 amide bonds. The summed E-state index contributed by atoms with van der Waals surface area (Å²) in [6, 6.07) is 16.6. The summed E-state index contributed by atoms with van der Waals surface area (Å²) in [7, 11) is 0. The van der Waals surface area contributed by atoms with Gasteiger partial charge in [-0.3, -0.25) is 0 Å². The average Bonchev–Trinajstić information content (AvgIpc) is 3.25. The number of carbonyl (C=O) groups excluding carboxylic acids is 1. The molecule has 1 N–H and O–H groups in total. The zero-order chi connectivity index (χ0) is 26.0. The number of unbranched alkanes of at least 4 members (excludes halogenated alkanes) is 7. The minimum absolute atomic E-state index is 0.0656. The lowest BCUT2D eigenvalue weighted by atomic mass is 9.98. The van der Waals surface area contributed by atoms with Crippen molar-refractivity contribution in [1.82, 2.24) is 5.32 Å². The molecule has 0 aliphatic heterocycles. The summed E-state index contributed by atoms with van der Waals surface area (Å²) in [5.41, 5.74) is 4.85. The Hall–Kier alpha value is -2.41. The third kappa shape index (κ3) is 10.5. The van der Waals surface area contributed by atoms with Gasteiger partial charge in [0.05, 0.1) is 33.0 Å². The quantitative estimate of drug-likeness (QED) is 0.200. The Morgan fingerprint density at radius 1 is 0.676 bits per heavy atom. The van der Waals surface area contributed by atoms with Crippen molar-refractivity contribution in [2.24, 2.45) is 0 Å². The van der Waals surface area contributed by atoms with Crippen molar-refractivity contribution < 1.29 is 23.7 Å². The molecule has 0 atom stereocenters. The van der Waals surface area contributed by atoms with Crippen LogP contribution in [0.25, 0.3) is 11.1 Å². The minimum Gasteiger partial charge on any atom is -0.449 e. The molecule has 1 aliphatic rings. The first-order valence-corrected chi connectivity index (χ1v) is 14.1. The molecule has 1 aliphatic carbocycles. The van der Waals surface area contributed by atoms with Crippen LogP contribution in [0.3, 0.4) is 0 Å². The molecule has 6 nitrogen and oxygen atoms in total. The first-order chi connectivity index (χ1) is 18.3. The maximum atomic E-state index is 12.2. The largest absolute Gasteiger partial charge is 0.449 e. The Morgan fingerprint density at radius 2 is 1.19 bits per heavy atom. The van der Waals surface area contributed by atoms with Crippen LogP contribution in [-0.4, -0.2) is 58.9 Å². The Balaban J connectivity index is 1.12. The van der Waals surface area contributed by atoms with Gasteiger partial charge in [-0.15, -0.1) is 0 Å². The highest BCUT2D eigenvalue weighted by Gasteiger charge is 2.28. The van der Waals surface area contributed by atoms with Crippen molar-refractivity contribution in [3.05, 3.63) is 59.7 Å². The Bertz CT molecular complexity index is 857. The van der Waals surface area contributed by atoms with Crippen LogP contribution in [0.4, 0.5) is 4.79 Å². The van der Waals surface area contributed by atoms with Crippen LogP contribution in [0.1, 0.15) is 75.3 Å². The van der Waals surface area contributed by atoms with Crippen LogP contribution in [0.2, 0.25) is 0 Å². The summed E-state index contributed by atoms with van der Waals surface area (Å²) in [6.07, 6.45) is 10.1. The van der Waals surface area contributed by atoms with Gasteiger partial charge in [-0.05, 0) is 28.7 Å². The fraction of sp³-hybridized carbons (Fsp3) is 0.581. The van der Waals surface area contributed by atoms with Crippen LogP contribution in [-0.2, 0) is 18.9 Å². The monoisotopic (exact) mass is 511 g/mol. The van der Waals surface area contributed by atoms with Crippen molar-refractivity contribution >= 4 is 6.09 Å². The number of carbonyl (C=O) groups is 1. The smallest absolute Gasteiger partial charge is 0.407 e. The SMILES string of the molecule is CCCCCCCCCCOCCOCCOCCNC(=O)OCC1c2ccccc2-c2ccccc21. The van der Waals surface area contributed by atoms with Crippen molar-refractivity contribution in [1.29, 1.82) is 0 Å². The normalized spacial score (nSPS) is 12.4. The number of rotatable bonds is 20. The highest BCUT2D eigenvalue weighted by atomic mass is 16.6. The molecule has 3 rings (SSSR count). The molecular formula is C31H45NO5. The zero-order valence-corrected chi connectivity index (χ0v) is 22.6. The molecule has 0 aromatic heterocycles. The van der Waals surface area contributed by atoms with E-state index in [-0.39, 0.29) is 5.92 Å². The van der Waals surface area contributed by atoms with Crippen LogP contribution in [0, 0.1) is 0 Å². The van der Waals surface area contributed by atoms with Gasteiger partial charge in [-0.1, -0.05) is 100 Å². The Kier molecular flexibility index (Phi) is 14.1. The van der Waals surface area contributed by atoms with Gasteiger partial charge in [-0.25, -0.2) is 4.79 Å². The van der Waals surface area contributed by atoms with Gasteiger partial charge in [-0.2, -0.15) is 0 Å². The van der Waals surface area contributed by atoms with E-state index in [2.05, 4.69) is 36.5 Å². The summed E-state index contributed by atoms with van der Waals surface area (Å²) >= 11 is 0. The first-order valence-electron chi connectivity index (χ1n) is 14.1. The number of hydrogen-bond acceptors (Lipinski definition) is 5. The molecule has 0 heterocycles. The second kappa shape index (κ2) is 17.9. The molecule has 37 heavy (non-hydrogen) atoms. The lowest BCUT2D eigenvalue weighted by Crippen LogP contribution is -2.29. The highest BCUT2D eigenvalue weighted by molar-refractivity contribution is 5.79. The summed E-state index contributed by atoms with van der Waals surface area (Å²) in [4.78, 5) is 12.2. The third-order valence-electron chi connectivity index (χ3n) is 6.75. The average molecular weight is 512 g/mol. The molecule has 0 saturated heterocycles. The van der Waals surface area contributed by atoms with E-state index in [1.54, 1.807) is 0 Å². The van der Waals surface area contributed by atoms with E-state index in [9.17, 15) is 4.79 Å². The van der Waals surface area contributed by atoms with Gasteiger partial charge >= 0.3 is 6.09 Å². The first kappa shape index (κ1) is 29.2. The van der Waals surface area contributed by atoms with Crippen molar-refractivity contribution in [2.75, 3.05) is 52.8 Å². The van der Waals surface area contributed by atoms with E-state index in [0.29, 0.717) is 46.2 Å². The molecule has 0 unspecified atom stereocenters. The number of alkyl carbamates (subject to hydrolysis) is 1. The highest BCUT2D eigenvalue weighted by Crippen LogP contribution is 2.44. The maximum absolute atomic E-state index is 12.2. The molecule has 204 valence electrons. The van der Waals surface area contributed by atoms with Gasteiger partial charge in [0.2, 0.25) is 0 Å². The number of ether oxygens (including phenoxy) is 4. The van der Waals surface area contributed by atoms with Crippen LogP contribution in [0.5, 0.6) is 0 Å². The predicted octanol–water partition coefficient (Wildman–Crippen LogP) is 6.72. The van der Waals surface area contributed by atoms with Gasteiger partial charge in [0, 0.05) is 19.1 Å². The maximum Gasteiger partial charge on any atom is 0.407 e. The molecule has 6 heteroatoms. The minimum atomic E-state index is -0.421. The lowest BCUT2D eigenvalue weighted by molar-refractivity contribution is 0.0143. The van der Waals surface area contributed by atoms with E-state index >= 15 is 0 Å². The van der Waals surface area contributed by atoms with E-state index in [1.165, 1.54) is 67.2 Å². The number of hydrogen-bond donors (Lipinski definition) is 1. The number of nitrogens with one attached hydrogen (secondary N) is 1. The predicted molar refractivity (Wildman–Crippen MR) is 148 cm³/mol. The molecule has 0 radical (unpaired) electrons. The van der Waals surface area contributed by atoms with Crippen molar-refractivity contribution in [3.8, 4) is 11.1 Å². The van der Waals surface area contributed by atoms with Crippen molar-refractivity contribution in [2.45, 2.75) is 64.2 Å². The number of benzene rings is 2. The second-order valence-corrected chi connectivity index (χ2v) is 9.56. The standard InChI is InChI=1S/C31H45NO5/c1-2-3-4-5-6-7-8-13-19-34-21-23-36-24-22-35-20-18-32-31(33)37-25-30-28-16-11-9-14-26(28)27-15-10-12-17-29(27)30/h9-12,14-17,30H,2-8,13,18-25H2,1H3,(H,32,33). The van der Waals surface area contributed by atoms with E-state index in [0.717, 1.165) is 13.0 Å². The topological polar surface area (TPSA) is 66.0 Å². The number of fused-ring (bicyclic) bond motifs is 3. The summed E-state index contributed by atoms with van der Waals surface area (Å²) in [6.45, 7) is 6.42. The molecular weight excluding hydrogens is 466 g/mol. The van der Waals surface area contributed by atoms with Gasteiger partial charge in [0.1, 0.15) is 6.61 Å². The molecule has 0 spiro atoms. The Morgan fingerprint density at radius 3 is 1.81 bits per heavy atom. The molecule has 0 saturated carbocycles. The summed E-state index contributed by atoms with van der Waals surface area (Å²) < 4.78 is 22.2. The zero-order valence-electron chi connectivity index (χ0n) is 22.6. The van der Waals surface area contributed by atoms with Crippen LogP contribution >= 0.6 is 0 Å². The lowest BCUT2D eigenvalue weighted by Gasteiger charge is -2.14. The van der Waals surface area contributed by atoms with Gasteiger partial charge in [0.15, 0.2) is 0 Å². The molecule has 0 bridgehead atoms. The Labute approximate surface area is 223 Å². The van der Waals surface area contributed by atoms with E-state index < -0.39 is 6.09 Å². The summed E-state index contributed by atoms with van der Waals surface area (Å²) in [5, 5.41) is 2.76. The molecule has 2 aromatic carbocycles. The summed E-state index contributed by atoms with van der Waals surface area (Å²) in [5.74, 6) is 0.0656. The van der Waals surface area contributed by atoms with E-state index in [1.807, 2.05) is 24.3 Å². The molecule has 0 fully saturated rings. The van der Waals surface area contributed by atoms with Crippen LogP contribution < -0.4 is 5.32 Å². The third-order valence-corrected chi connectivity index (χ3v) is 6.75. The molecule has 2 aromatic rings. The van der Waals surface area contributed by atoms with Gasteiger partial charge < -0.3 is 24.3 Å². The second-order valence-electron chi connectivity index (χ2n) is 9.56. The van der Waals surface area contributed by atoms with Gasteiger partial charge in [0.25, 0.3) is 0 Å². The van der Waals surface area contributed by atoms with Crippen LogP contribution in [0.15, 0.2) is 48.5 Å². The fourth-order valence-electron chi connectivity index (χ4n) is 4.75. The van der Waals surface area contributed by atoms with Crippen molar-refractivity contribution in [3.63, 3.8) is 0 Å². The fourth-order valence-corrected chi connectivity index (χ4v) is 4.75. The number of amides is 1. The van der Waals surface area contributed by atoms with E-state index in [4.69, 9.17) is 18.9 Å².